The number of hydrogen-bond acceptors (Lipinski definition) is 15. The summed E-state index contributed by atoms with van der Waals surface area (Å²) >= 11 is 10.0. The largest absolute Gasteiger partial charge is 0.508 e. The van der Waals surface area contributed by atoms with Gasteiger partial charge in [-0.2, -0.15) is 0 Å². The van der Waals surface area contributed by atoms with Crippen LogP contribution in [0.5, 0.6) is 57.5 Å². The Balaban J connectivity index is 0.000000121. The van der Waals surface area contributed by atoms with Crippen molar-refractivity contribution in [1.29, 1.82) is 0 Å². The molecule has 5 aliphatic heterocycles. The van der Waals surface area contributed by atoms with Gasteiger partial charge in [0.25, 0.3) is 0 Å². The summed E-state index contributed by atoms with van der Waals surface area (Å²) in [6.45, 7) is 0. The lowest BCUT2D eigenvalue weighted by Crippen LogP contribution is -2.32. The molecule has 0 unspecified atom stereocenters. The summed E-state index contributed by atoms with van der Waals surface area (Å²) < 4.78 is 30.4. The molecule has 8 aromatic rings. The van der Waals surface area contributed by atoms with Gasteiger partial charge in [-0.3, -0.25) is 0 Å². The van der Waals surface area contributed by atoms with E-state index in [0.29, 0.717) is 78.6 Å². The van der Waals surface area contributed by atoms with E-state index in [4.69, 9.17) is 29.2 Å². The highest BCUT2D eigenvalue weighted by molar-refractivity contribution is 9.11. The van der Waals surface area contributed by atoms with E-state index >= 15 is 0 Å². The van der Waals surface area contributed by atoms with Gasteiger partial charge in [-0.1, -0.05) is 59.9 Å². The molecule has 0 fully saturated rings. The Morgan fingerprint density at radius 2 is 0.667 bits per heavy atom. The summed E-state index contributed by atoms with van der Waals surface area (Å²) in [6.07, 6.45) is 0. The summed E-state index contributed by atoms with van der Waals surface area (Å²) in [5, 5.41) is 56.8. The van der Waals surface area contributed by atoms with Crippen molar-refractivity contribution in [2.75, 3.05) is 0 Å². The maximum Gasteiger partial charge on any atom is 0.346 e. The molecule has 18 heteroatoms. The third-order valence-corrected chi connectivity index (χ3v) is 13.4. The number of ether oxygens (including phenoxy) is 5. The second-order valence-corrected chi connectivity index (χ2v) is 19.1. The zero-order valence-electron chi connectivity index (χ0n) is 36.4. The molecule has 0 saturated carbocycles. The Labute approximate surface area is 432 Å². The number of phenolic OH excluding ortho intramolecular Hbond substituents is 6. The average molecular weight is 1160 g/mol. The number of fused-ring (bicyclic) bond motifs is 13. The number of carbonyl (C=O) groups excluding carboxylic acids is 4. The monoisotopic (exact) mass is 1160 g/mol. The fraction of sp³-hybridized carbons (Fsp3) is 0.0370. The quantitative estimate of drug-likeness (QED) is 0.0471. The van der Waals surface area contributed by atoms with Crippen LogP contribution >= 0.6 is 47.8 Å². The Hall–Kier alpha value is -8.32. The van der Waals surface area contributed by atoms with E-state index in [2.05, 4.69) is 52.5 Å². The van der Waals surface area contributed by atoms with Gasteiger partial charge in [-0.05, 0) is 109 Å². The molecule has 0 radical (unpaired) electrons. The van der Waals surface area contributed by atoms with E-state index in [1.165, 1.54) is 66.7 Å². The first-order valence-corrected chi connectivity index (χ1v) is 23.6. The van der Waals surface area contributed by atoms with Gasteiger partial charge in [-0.25, -0.2) is 19.2 Å². The Morgan fingerprint density at radius 1 is 0.306 bits per heavy atom. The molecule has 5 aliphatic rings. The number of rotatable bonds is 0. The lowest BCUT2D eigenvalue weighted by molar-refractivity contribution is 0.0214. The predicted molar refractivity (Wildman–Crippen MR) is 265 cm³/mol. The molecule has 13 rings (SSSR count). The van der Waals surface area contributed by atoms with E-state index < -0.39 is 35.1 Å². The minimum Gasteiger partial charge on any atom is -0.508 e. The molecule has 0 aromatic heterocycles. The number of esters is 4. The summed E-state index contributed by atoms with van der Waals surface area (Å²) in [6, 6.07) is 40.1. The number of phenols is 6. The van der Waals surface area contributed by atoms with E-state index in [1.807, 2.05) is 18.2 Å². The molecule has 0 amide bonds. The number of benzene rings is 8. The van der Waals surface area contributed by atoms with Gasteiger partial charge in [0.05, 0.1) is 22.3 Å². The molecule has 0 atom stereocenters. The van der Waals surface area contributed by atoms with E-state index in [0.717, 1.165) is 13.4 Å². The summed E-state index contributed by atoms with van der Waals surface area (Å²) in [5.74, 6) is -0.262. The van der Waals surface area contributed by atoms with Crippen molar-refractivity contribution >= 4 is 71.7 Å². The molecule has 72 heavy (non-hydrogen) atoms. The summed E-state index contributed by atoms with van der Waals surface area (Å²) in [7, 11) is 0. The van der Waals surface area contributed by atoms with Crippen molar-refractivity contribution in [3.63, 3.8) is 0 Å². The predicted octanol–water partition coefficient (Wildman–Crippen LogP) is 11.7. The maximum absolute atomic E-state index is 12.7. The van der Waals surface area contributed by atoms with Crippen LogP contribution in [0.15, 0.2) is 165 Å². The fourth-order valence-corrected chi connectivity index (χ4v) is 9.98. The van der Waals surface area contributed by atoms with Crippen molar-refractivity contribution in [2.24, 2.45) is 0 Å². The zero-order chi connectivity index (χ0) is 50.8. The van der Waals surface area contributed by atoms with Crippen molar-refractivity contribution in [2.45, 2.75) is 11.2 Å². The number of hydrogen-bond donors (Lipinski definition) is 6. The van der Waals surface area contributed by atoms with Crippen LogP contribution in [0.1, 0.15) is 74.8 Å². The van der Waals surface area contributed by atoms with Crippen molar-refractivity contribution in [1.82, 2.24) is 0 Å². The molecular weight excluding hydrogens is 1130 g/mol. The van der Waals surface area contributed by atoms with Gasteiger partial charge in [0.1, 0.15) is 57.5 Å². The number of cyclic esters (lactones) is 2. The lowest BCUT2D eigenvalue weighted by atomic mass is 9.77. The second-order valence-electron chi connectivity index (χ2n) is 16.3. The summed E-state index contributed by atoms with van der Waals surface area (Å²) in [4.78, 5) is 47.2. The highest BCUT2D eigenvalue weighted by atomic mass is 79.9. The highest BCUT2D eigenvalue weighted by Crippen LogP contribution is 2.59. The Morgan fingerprint density at radius 3 is 1.12 bits per heavy atom. The molecule has 0 bridgehead atoms. The summed E-state index contributed by atoms with van der Waals surface area (Å²) in [5.41, 5.74) is 3.00. The van der Waals surface area contributed by atoms with Gasteiger partial charge >= 0.3 is 23.9 Å². The van der Waals surface area contributed by atoms with Crippen LogP contribution < -0.4 is 9.47 Å². The molecule has 0 saturated heterocycles. The molecule has 358 valence electrons. The Kier molecular flexibility index (Phi) is 11.9. The second kappa shape index (κ2) is 18.1. The van der Waals surface area contributed by atoms with Crippen LogP contribution in [0.2, 0.25) is 0 Å². The molecule has 0 aliphatic carbocycles. The number of halogens is 3. The minimum atomic E-state index is -1.21. The van der Waals surface area contributed by atoms with Crippen LogP contribution in [-0.2, 0) is 25.4 Å². The van der Waals surface area contributed by atoms with Crippen LogP contribution in [-0.4, -0.2) is 54.5 Å². The smallest absolute Gasteiger partial charge is 0.346 e. The van der Waals surface area contributed by atoms with Crippen molar-refractivity contribution in [3.8, 4) is 57.5 Å². The van der Waals surface area contributed by atoms with Gasteiger partial charge in [-0.15, -0.1) is 0 Å². The third-order valence-electron chi connectivity index (χ3n) is 11.9. The minimum absolute atomic E-state index is 0.0290. The topological polar surface area (TPSA) is 236 Å². The normalized spacial score (nSPS) is 14.7. The number of carbonyl (C=O) groups is 4. The molecule has 15 nitrogen and oxygen atoms in total. The molecule has 8 aromatic carbocycles. The van der Waals surface area contributed by atoms with Crippen LogP contribution in [0.4, 0.5) is 0 Å². The molecule has 6 N–H and O–H groups in total. The van der Waals surface area contributed by atoms with Gasteiger partial charge in [0.2, 0.25) is 0 Å². The lowest BCUT2D eigenvalue weighted by Gasteiger charge is -2.36. The zero-order valence-corrected chi connectivity index (χ0v) is 41.2. The third kappa shape index (κ3) is 8.17. The van der Waals surface area contributed by atoms with E-state index in [1.54, 1.807) is 66.7 Å². The molecular formula is C54H31Br3O15. The van der Waals surface area contributed by atoms with Crippen LogP contribution in [0.25, 0.3) is 0 Å². The Bertz CT molecular complexity index is 3510. The van der Waals surface area contributed by atoms with Gasteiger partial charge < -0.3 is 54.3 Å². The highest BCUT2D eigenvalue weighted by Gasteiger charge is 2.55. The van der Waals surface area contributed by atoms with Crippen molar-refractivity contribution in [3.05, 3.63) is 221 Å². The fourth-order valence-electron chi connectivity index (χ4n) is 8.90. The van der Waals surface area contributed by atoms with Crippen LogP contribution in [0.3, 0.4) is 0 Å². The SMILES string of the molecule is O=C1OC(=O)c2cc(Br)ccc21.O=C1OC2(c3ccc(O)cc3Oc3cc(O)ccc32)c2cc(Br)ccc21.O=C1OC2(c3ccc(O)cc3Oc3cc(O)ccc32)c2ccc(Br)cc21.Oc1cccc(O)c1. The first-order valence-electron chi connectivity index (χ1n) is 21.3. The van der Waals surface area contributed by atoms with E-state index in [9.17, 15) is 39.6 Å². The molecule has 5 heterocycles. The van der Waals surface area contributed by atoms with Crippen LogP contribution in [0, 0.1) is 0 Å². The first-order chi connectivity index (χ1) is 34.4. The molecule has 2 spiro atoms. The average Bonchev–Trinajstić information content (AvgIpc) is 3.89. The first kappa shape index (κ1) is 47.4. The van der Waals surface area contributed by atoms with Gasteiger partial charge in [0, 0.05) is 77.1 Å². The van der Waals surface area contributed by atoms with Gasteiger partial charge in [0.15, 0.2) is 11.2 Å². The standard InChI is InChI=1S/2C20H11BrO5.C8H3BrO3.C6H6O2/c21-10-1-4-14-13(7-10)19(24)26-20(14)15-5-2-11(22)8-17(15)25-18-9-12(23)3-6-16(18)20;21-10-1-4-13-16(7-10)20(26-19(13)24)14-5-2-11(22)8-17(14)25-18-9-12(23)3-6-15(18)20;9-4-1-2-5-6(3-4)8(11)12-7(5)10;7-5-2-1-3-6(8)4-5/h2*1-9,22-23H;1-3H;1-4,7-8H. The van der Waals surface area contributed by atoms with E-state index in [-0.39, 0.29) is 34.5 Å². The number of aromatic hydroxyl groups is 6. The maximum atomic E-state index is 12.7. The van der Waals surface area contributed by atoms with Crippen molar-refractivity contribution < 1.29 is 73.5 Å².